The third-order valence-corrected chi connectivity index (χ3v) is 1.73. The number of hydrogen-bond acceptors (Lipinski definition) is 3. The van der Waals surface area contributed by atoms with Crippen LogP contribution in [0.1, 0.15) is 26.7 Å². The lowest BCUT2D eigenvalue weighted by atomic mass is 10.1. The van der Waals surface area contributed by atoms with E-state index in [2.05, 4.69) is 6.58 Å². The molecule has 0 heterocycles. The van der Waals surface area contributed by atoms with Crippen molar-refractivity contribution in [3.8, 4) is 0 Å². The fraction of sp³-hybridized carbons (Fsp3) is 0.545. The van der Waals surface area contributed by atoms with Gasteiger partial charge in [-0.3, -0.25) is 4.79 Å². The summed E-state index contributed by atoms with van der Waals surface area (Å²) in [5.41, 5.74) is 0.762. The van der Waals surface area contributed by atoms with Crippen LogP contribution in [0.15, 0.2) is 24.3 Å². The van der Waals surface area contributed by atoms with Gasteiger partial charge in [0.15, 0.2) is 0 Å². The molecule has 1 N–H and O–H groups in total. The Kier molecular flexibility index (Phi) is 6.76. The first-order valence-corrected chi connectivity index (χ1v) is 4.71. The van der Waals surface area contributed by atoms with Gasteiger partial charge in [0.05, 0.1) is 0 Å². The number of hydrogen-bond donors (Lipinski definition) is 1. The number of esters is 1. The summed E-state index contributed by atoms with van der Waals surface area (Å²) in [4.78, 5) is 10.6. The van der Waals surface area contributed by atoms with Gasteiger partial charge < -0.3 is 9.84 Å². The van der Waals surface area contributed by atoms with Crippen LogP contribution in [0.25, 0.3) is 0 Å². The lowest BCUT2D eigenvalue weighted by molar-refractivity contribution is -0.143. The van der Waals surface area contributed by atoms with Crippen LogP contribution in [-0.2, 0) is 9.53 Å². The number of carbonyl (C=O) groups is 1. The van der Waals surface area contributed by atoms with Gasteiger partial charge in [0, 0.05) is 13.5 Å². The Morgan fingerprint density at radius 1 is 1.64 bits per heavy atom. The van der Waals surface area contributed by atoms with Gasteiger partial charge in [-0.05, 0) is 25.3 Å². The van der Waals surface area contributed by atoms with Crippen LogP contribution in [0.5, 0.6) is 0 Å². The highest BCUT2D eigenvalue weighted by Gasteiger charge is 2.05. The van der Waals surface area contributed by atoms with E-state index in [1.165, 1.54) is 6.92 Å². The summed E-state index contributed by atoms with van der Waals surface area (Å²) in [6.07, 6.45) is 5.01. The highest BCUT2D eigenvalue weighted by atomic mass is 16.5. The van der Waals surface area contributed by atoms with Gasteiger partial charge in [-0.1, -0.05) is 18.7 Å². The summed E-state index contributed by atoms with van der Waals surface area (Å²) >= 11 is 0. The molecule has 0 bridgehead atoms. The van der Waals surface area contributed by atoms with Gasteiger partial charge in [0.2, 0.25) is 0 Å². The molecule has 0 aromatic heterocycles. The zero-order valence-electron chi connectivity index (χ0n) is 8.82. The van der Waals surface area contributed by atoms with Crippen molar-refractivity contribution in [1.29, 1.82) is 0 Å². The van der Waals surface area contributed by atoms with Crippen molar-refractivity contribution in [2.24, 2.45) is 0 Å². The number of ether oxygens (including phenoxy) is 1. The van der Waals surface area contributed by atoms with Crippen LogP contribution in [0, 0.1) is 0 Å². The monoisotopic (exact) mass is 198 g/mol. The van der Waals surface area contributed by atoms with Crippen molar-refractivity contribution in [3.63, 3.8) is 0 Å². The average Bonchev–Trinajstić information content (AvgIpc) is 2.11. The summed E-state index contributed by atoms with van der Waals surface area (Å²) in [6.45, 7) is 7.12. The molecule has 0 radical (unpaired) electrons. The summed E-state index contributed by atoms with van der Waals surface area (Å²) < 4.78 is 4.93. The van der Waals surface area contributed by atoms with Crippen molar-refractivity contribution >= 4 is 5.97 Å². The van der Waals surface area contributed by atoms with E-state index in [0.29, 0.717) is 0 Å². The molecule has 1 unspecified atom stereocenters. The van der Waals surface area contributed by atoms with Crippen LogP contribution in [-0.4, -0.2) is 23.8 Å². The van der Waals surface area contributed by atoms with Crippen LogP contribution < -0.4 is 0 Å². The smallest absolute Gasteiger partial charge is 0.303 e. The Bertz CT molecular complexity index is 219. The Hall–Kier alpha value is -1.09. The number of aliphatic hydroxyl groups is 1. The molecule has 0 aromatic rings. The molecule has 0 saturated carbocycles. The fourth-order valence-corrected chi connectivity index (χ4v) is 0.904. The number of rotatable bonds is 6. The summed E-state index contributed by atoms with van der Waals surface area (Å²) in [7, 11) is 0. The van der Waals surface area contributed by atoms with Crippen LogP contribution >= 0.6 is 0 Å². The van der Waals surface area contributed by atoms with Gasteiger partial charge in [0.1, 0.15) is 6.10 Å². The summed E-state index contributed by atoms with van der Waals surface area (Å²) in [5, 5.41) is 8.53. The van der Waals surface area contributed by atoms with Gasteiger partial charge in [0.25, 0.3) is 0 Å². The number of carbonyl (C=O) groups excluding carboxylic acids is 1. The van der Waals surface area contributed by atoms with Crippen LogP contribution in [0.3, 0.4) is 0 Å². The SMILES string of the molecule is C=C(/C=C/CCCO)C(C)OC(C)=O. The second kappa shape index (κ2) is 7.33. The van der Waals surface area contributed by atoms with Crippen LogP contribution in [0.2, 0.25) is 0 Å². The third kappa shape index (κ3) is 6.43. The lowest BCUT2D eigenvalue weighted by Gasteiger charge is -2.11. The molecule has 3 nitrogen and oxygen atoms in total. The summed E-state index contributed by atoms with van der Waals surface area (Å²) in [5.74, 6) is -0.303. The first kappa shape index (κ1) is 12.9. The minimum atomic E-state index is -0.303. The number of unbranched alkanes of at least 4 members (excludes halogenated alkanes) is 1. The first-order valence-electron chi connectivity index (χ1n) is 4.71. The Labute approximate surface area is 85.1 Å². The fourth-order valence-electron chi connectivity index (χ4n) is 0.904. The minimum absolute atomic E-state index is 0.191. The molecular formula is C11H18O3. The van der Waals surface area contributed by atoms with E-state index < -0.39 is 0 Å². The van der Waals surface area contributed by atoms with E-state index in [9.17, 15) is 4.79 Å². The molecule has 0 aliphatic carbocycles. The summed E-state index contributed by atoms with van der Waals surface area (Å²) in [6, 6.07) is 0. The van der Waals surface area contributed by atoms with Crippen LogP contribution in [0.4, 0.5) is 0 Å². The molecule has 14 heavy (non-hydrogen) atoms. The molecule has 0 saturated heterocycles. The molecule has 1 atom stereocenters. The Morgan fingerprint density at radius 3 is 2.79 bits per heavy atom. The minimum Gasteiger partial charge on any atom is -0.458 e. The van der Waals surface area contributed by atoms with E-state index in [1.807, 2.05) is 12.2 Å². The topological polar surface area (TPSA) is 46.5 Å². The maximum absolute atomic E-state index is 10.6. The zero-order valence-corrected chi connectivity index (χ0v) is 8.82. The average molecular weight is 198 g/mol. The lowest BCUT2D eigenvalue weighted by Crippen LogP contribution is -2.13. The van der Waals surface area contributed by atoms with Crippen molar-refractivity contribution in [3.05, 3.63) is 24.3 Å². The molecule has 0 amide bonds. The number of allylic oxidation sites excluding steroid dienone is 1. The molecule has 0 aliphatic heterocycles. The van der Waals surface area contributed by atoms with Crippen molar-refractivity contribution < 1.29 is 14.6 Å². The van der Waals surface area contributed by atoms with Gasteiger partial charge in [-0.25, -0.2) is 0 Å². The number of aliphatic hydroxyl groups excluding tert-OH is 1. The van der Waals surface area contributed by atoms with E-state index in [4.69, 9.17) is 9.84 Å². The predicted molar refractivity (Wildman–Crippen MR) is 55.8 cm³/mol. The van der Waals surface area contributed by atoms with Crippen molar-refractivity contribution in [1.82, 2.24) is 0 Å². The third-order valence-electron chi connectivity index (χ3n) is 1.73. The molecule has 0 rings (SSSR count). The Balaban J connectivity index is 3.82. The molecule has 0 aliphatic rings. The van der Waals surface area contributed by atoms with Crippen molar-refractivity contribution in [2.75, 3.05) is 6.61 Å². The van der Waals surface area contributed by atoms with E-state index in [1.54, 1.807) is 6.92 Å². The second-order valence-electron chi connectivity index (χ2n) is 3.09. The molecule has 80 valence electrons. The van der Waals surface area contributed by atoms with Gasteiger partial charge in [-0.2, -0.15) is 0 Å². The second-order valence-corrected chi connectivity index (χ2v) is 3.09. The highest BCUT2D eigenvalue weighted by molar-refractivity contribution is 5.66. The quantitative estimate of drug-likeness (QED) is 0.402. The maximum atomic E-state index is 10.6. The van der Waals surface area contributed by atoms with E-state index in [-0.39, 0.29) is 18.7 Å². The molecule has 0 spiro atoms. The zero-order chi connectivity index (χ0) is 11.0. The first-order chi connectivity index (χ1) is 6.57. The van der Waals surface area contributed by atoms with Crippen molar-refractivity contribution in [2.45, 2.75) is 32.8 Å². The normalized spacial score (nSPS) is 12.8. The standard InChI is InChI=1S/C11H18O3/c1-9(7-5-4-6-8-12)10(2)14-11(3)13/h5,7,10,12H,1,4,6,8H2,2-3H3/b7-5+. The largest absolute Gasteiger partial charge is 0.458 e. The molecule has 0 aromatic carbocycles. The molecule has 3 heteroatoms. The van der Waals surface area contributed by atoms with E-state index >= 15 is 0 Å². The van der Waals surface area contributed by atoms with Gasteiger partial charge in [-0.15, -0.1) is 0 Å². The van der Waals surface area contributed by atoms with Gasteiger partial charge >= 0.3 is 5.97 Å². The maximum Gasteiger partial charge on any atom is 0.303 e. The molecular weight excluding hydrogens is 180 g/mol. The van der Waals surface area contributed by atoms with E-state index in [0.717, 1.165) is 18.4 Å². The molecule has 0 fully saturated rings. The Morgan fingerprint density at radius 2 is 2.29 bits per heavy atom. The predicted octanol–water partition coefficient (Wildman–Crippen LogP) is 1.82. The highest BCUT2D eigenvalue weighted by Crippen LogP contribution is 2.06.